The maximum absolute atomic E-state index is 12.4. The molecule has 1 aliphatic rings. The zero-order chi connectivity index (χ0) is 12.3. The van der Waals surface area contributed by atoms with Gasteiger partial charge in [-0.05, 0) is 38.3 Å². The molecule has 0 spiro atoms. The smallest absolute Gasteiger partial charge is 0.169 e. The number of para-hydroxylation sites is 1. The van der Waals surface area contributed by atoms with E-state index in [1.54, 1.807) is 0 Å². The van der Waals surface area contributed by atoms with Gasteiger partial charge in [-0.2, -0.15) is 0 Å². The van der Waals surface area contributed by atoms with E-state index in [-0.39, 0.29) is 17.7 Å². The van der Waals surface area contributed by atoms with Crippen molar-refractivity contribution in [3.63, 3.8) is 0 Å². The topological polar surface area (TPSA) is 52.3 Å². The first-order valence-electron chi connectivity index (χ1n) is 6.24. The van der Waals surface area contributed by atoms with E-state index in [0.717, 1.165) is 19.3 Å². The highest BCUT2D eigenvalue weighted by Gasteiger charge is 2.29. The van der Waals surface area contributed by atoms with Crippen LogP contribution >= 0.6 is 0 Å². The van der Waals surface area contributed by atoms with Crippen molar-refractivity contribution in [2.45, 2.75) is 32.2 Å². The van der Waals surface area contributed by atoms with Gasteiger partial charge < -0.3 is 10.5 Å². The lowest BCUT2D eigenvalue weighted by Gasteiger charge is -2.12. The predicted molar refractivity (Wildman–Crippen MR) is 67.3 cm³/mol. The summed E-state index contributed by atoms with van der Waals surface area (Å²) < 4.78 is 5.49. The Morgan fingerprint density at radius 3 is 2.82 bits per heavy atom. The van der Waals surface area contributed by atoms with Crippen LogP contribution in [0.3, 0.4) is 0 Å². The summed E-state index contributed by atoms with van der Waals surface area (Å²) in [7, 11) is 0. The second-order valence-electron chi connectivity index (χ2n) is 4.56. The minimum Gasteiger partial charge on any atom is -0.493 e. The van der Waals surface area contributed by atoms with E-state index in [1.807, 2.05) is 31.2 Å². The van der Waals surface area contributed by atoms with Crippen LogP contribution in [0.5, 0.6) is 5.75 Å². The van der Waals surface area contributed by atoms with E-state index >= 15 is 0 Å². The number of hydrogen-bond acceptors (Lipinski definition) is 3. The number of carbonyl (C=O) groups excluding carboxylic acids is 1. The summed E-state index contributed by atoms with van der Waals surface area (Å²) in [5.74, 6) is 0.953. The lowest BCUT2D eigenvalue weighted by atomic mass is 9.95. The van der Waals surface area contributed by atoms with Crippen LogP contribution in [0.25, 0.3) is 0 Å². The number of Topliss-reactive ketones (excluding diaryl/α,β-unsaturated/α-hetero) is 1. The number of rotatable bonds is 4. The Balaban J connectivity index is 2.18. The van der Waals surface area contributed by atoms with Gasteiger partial charge in [0, 0.05) is 12.0 Å². The fraction of sp³-hybridized carbons (Fsp3) is 0.500. The number of carbonyl (C=O) groups is 1. The first kappa shape index (κ1) is 12.1. The Hall–Kier alpha value is -1.35. The highest BCUT2D eigenvalue weighted by Crippen LogP contribution is 2.30. The zero-order valence-corrected chi connectivity index (χ0v) is 10.2. The van der Waals surface area contributed by atoms with Gasteiger partial charge in [0.25, 0.3) is 0 Å². The van der Waals surface area contributed by atoms with Gasteiger partial charge in [-0.25, -0.2) is 0 Å². The van der Waals surface area contributed by atoms with Crippen LogP contribution in [0.15, 0.2) is 24.3 Å². The molecular formula is C14H19NO2. The Labute approximate surface area is 102 Å². The number of ether oxygens (including phenoxy) is 1. The van der Waals surface area contributed by atoms with E-state index in [0.29, 0.717) is 17.9 Å². The average Bonchev–Trinajstić information content (AvgIpc) is 2.76. The fourth-order valence-corrected chi connectivity index (χ4v) is 2.43. The highest BCUT2D eigenvalue weighted by atomic mass is 16.5. The molecule has 1 aromatic rings. The third-order valence-electron chi connectivity index (χ3n) is 3.30. The maximum Gasteiger partial charge on any atom is 0.169 e. The van der Waals surface area contributed by atoms with Crippen LogP contribution < -0.4 is 10.5 Å². The Bertz CT molecular complexity index is 403. The minimum absolute atomic E-state index is 0.0756. The number of hydrogen-bond donors (Lipinski definition) is 1. The summed E-state index contributed by atoms with van der Waals surface area (Å²) in [4.78, 5) is 12.4. The Morgan fingerprint density at radius 2 is 2.18 bits per heavy atom. The molecule has 2 atom stereocenters. The Morgan fingerprint density at radius 1 is 1.41 bits per heavy atom. The number of benzene rings is 1. The summed E-state index contributed by atoms with van der Waals surface area (Å²) >= 11 is 0. The van der Waals surface area contributed by atoms with Crippen LogP contribution in [0.4, 0.5) is 0 Å². The predicted octanol–water partition coefficient (Wildman–Crippen LogP) is 2.40. The number of ketones is 1. The van der Waals surface area contributed by atoms with Crippen molar-refractivity contribution in [2.24, 2.45) is 11.7 Å². The summed E-state index contributed by atoms with van der Waals surface area (Å²) in [6.07, 6.45) is 2.66. The lowest BCUT2D eigenvalue weighted by Crippen LogP contribution is -2.18. The second-order valence-corrected chi connectivity index (χ2v) is 4.56. The van der Waals surface area contributed by atoms with Crippen molar-refractivity contribution >= 4 is 5.78 Å². The first-order chi connectivity index (χ1) is 8.22. The SMILES string of the molecule is CCOc1ccccc1C(=O)C1CCC(N)C1. The van der Waals surface area contributed by atoms with E-state index in [2.05, 4.69) is 0 Å². The molecule has 92 valence electrons. The summed E-state index contributed by atoms with van der Waals surface area (Å²) in [5, 5.41) is 0. The molecule has 3 heteroatoms. The molecule has 0 bridgehead atoms. The molecule has 3 nitrogen and oxygen atoms in total. The van der Waals surface area contributed by atoms with Gasteiger partial charge in [-0.3, -0.25) is 4.79 Å². The largest absolute Gasteiger partial charge is 0.493 e. The molecule has 0 saturated heterocycles. The van der Waals surface area contributed by atoms with Crippen LogP contribution in [-0.2, 0) is 0 Å². The molecule has 1 aromatic carbocycles. The standard InChI is InChI=1S/C14H19NO2/c1-2-17-13-6-4-3-5-12(13)14(16)10-7-8-11(15)9-10/h3-6,10-11H,2,7-9,15H2,1H3. The molecule has 17 heavy (non-hydrogen) atoms. The van der Waals surface area contributed by atoms with Crippen molar-refractivity contribution in [1.29, 1.82) is 0 Å². The normalized spacial score (nSPS) is 23.6. The quantitative estimate of drug-likeness (QED) is 0.812. The van der Waals surface area contributed by atoms with Crippen molar-refractivity contribution in [3.8, 4) is 5.75 Å². The van der Waals surface area contributed by atoms with Crippen LogP contribution in [0.1, 0.15) is 36.5 Å². The van der Waals surface area contributed by atoms with Gasteiger partial charge in [0.2, 0.25) is 0 Å². The summed E-state index contributed by atoms with van der Waals surface area (Å²) in [5.41, 5.74) is 6.56. The van der Waals surface area contributed by atoms with Crippen molar-refractivity contribution < 1.29 is 9.53 Å². The van der Waals surface area contributed by atoms with Crippen molar-refractivity contribution in [1.82, 2.24) is 0 Å². The summed E-state index contributed by atoms with van der Waals surface area (Å²) in [6, 6.07) is 7.65. The molecule has 0 radical (unpaired) electrons. The molecule has 1 aliphatic carbocycles. The van der Waals surface area contributed by atoms with Crippen LogP contribution in [-0.4, -0.2) is 18.4 Å². The summed E-state index contributed by atoms with van der Waals surface area (Å²) in [6.45, 7) is 2.50. The van der Waals surface area contributed by atoms with Gasteiger partial charge in [0.05, 0.1) is 12.2 Å². The average molecular weight is 233 g/mol. The molecular weight excluding hydrogens is 214 g/mol. The second kappa shape index (κ2) is 5.32. The molecule has 1 fully saturated rings. The Kier molecular flexibility index (Phi) is 3.79. The van der Waals surface area contributed by atoms with E-state index in [4.69, 9.17) is 10.5 Å². The van der Waals surface area contributed by atoms with Gasteiger partial charge >= 0.3 is 0 Å². The highest BCUT2D eigenvalue weighted by molar-refractivity contribution is 6.00. The van der Waals surface area contributed by atoms with E-state index < -0.39 is 0 Å². The molecule has 2 rings (SSSR count). The third-order valence-corrected chi connectivity index (χ3v) is 3.30. The molecule has 0 amide bonds. The van der Waals surface area contributed by atoms with Gasteiger partial charge in [-0.1, -0.05) is 12.1 Å². The molecule has 2 unspecified atom stereocenters. The first-order valence-corrected chi connectivity index (χ1v) is 6.24. The third kappa shape index (κ3) is 2.67. The molecule has 1 saturated carbocycles. The lowest BCUT2D eigenvalue weighted by molar-refractivity contribution is 0.0918. The van der Waals surface area contributed by atoms with Crippen LogP contribution in [0.2, 0.25) is 0 Å². The van der Waals surface area contributed by atoms with Gasteiger partial charge in [-0.15, -0.1) is 0 Å². The van der Waals surface area contributed by atoms with E-state index in [9.17, 15) is 4.79 Å². The molecule has 0 aliphatic heterocycles. The maximum atomic E-state index is 12.4. The molecule has 0 heterocycles. The minimum atomic E-state index is 0.0756. The van der Waals surface area contributed by atoms with Crippen LogP contribution in [0, 0.1) is 5.92 Å². The number of nitrogens with two attached hydrogens (primary N) is 1. The fourth-order valence-electron chi connectivity index (χ4n) is 2.43. The van der Waals surface area contributed by atoms with Crippen molar-refractivity contribution in [2.75, 3.05) is 6.61 Å². The molecule has 2 N–H and O–H groups in total. The van der Waals surface area contributed by atoms with Gasteiger partial charge in [0.15, 0.2) is 5.78 Å². The monoisotopic (exact) mass is 233 g/mol. The van der Waals surface area contributed by atoms with Gasteiger partial charge in [0.1, 0.15) is 5.75 Å². The zero-order valence-electron chi connectivity index (χ0n) is 10.2. The van der Waals surface area contributed by atoms with Crippen molar-refractivity contribution in [3.05, 3.63) is 29.8 Å². The van der Waals surface area contributed by atoms with E-state index in [1.165, 1.54) is 0 Å². The molecule has 0 aromatic heterocycles.